The summed E-state index contributed by atoms with van der Waals surface area (Å²) in [5, 5.41) is 0. The largest absolute Gasteiger partial charge is 0.493 e. The van der Waals surface area contributed by atoms with Crippen LogP contribution in [0.4, 0.5) is 4.39 Å². The van der Waals surface area contributed by atoms with Crippen molar-refractivity contribution in [1.82, 2.24) is 9.21 Å². The number of methoxy groups -OCH3 is 1. The number of hydrogen-bond acceptors (Lipinski definition) is 6. The van der Waals surface area contributed by atoms with E-state index in [0.717, 1.165) is 6.07 Å². The van der Waals surface area contributed by atoms with Gasteiger partial charge in [0.05, 0.1) is 18.6 Å². The number of ether oxygens (including phenoxy) is 3. The Morgan fingerprint density at radius 1 is 1.12 bits per heavy atom. The number of carbonyl (C=O) groups is 1. The van der Waals surface area contributed by atoms with Crippen molar-refractivity contribution in [3.63, 3.8) is 0 Å². The quantitative estimate of drug-likeness (QED) is 0.635. The van der Waals surface area contributed by atoms with Crippen LogP contribution in [0.2, 0.25) is 0 Å². The Morgan fingerprint density at radius 2 is 1.82 bits per heavy atom. The van der Waals surface area contributed by atoms with Crippen molar-refractivity contribution < 1.29 is 31.8 Å². The summed E-state index contributed by atoms with van der Waals surface area (Å²) in [4.78, 5) is 14.4. The lowest BCUT2D eigenvalue weighted by Gasteiger charge is -2.42. The summed E-state index contributed by atoms with van der Waals surface area (Å²) in [6, 6.07) is 10.9. The molecule has 1 spiro atoms. The fourth-order valence-electron chi connectivity index (χ4n) is 4.31. The second-order valence-electron chi connectivity index (χ2n) is 8.10. The normalized spacial score (nSPS) is 18.5. The van der Waals surface area contributed by atoms with Crippen molar-refractivity contribution in [2.45, 2.75) is 30.4 Å². The predicted octanol–water partition coefficient (Wildman–Crippen LogP) is 2.56. The molecule has 1 amide bonds. The molecule has 178 valence electrons. The zero-order valence-corrected chi connectivity index (χ0v) is 19.4. The van der Waals surface area contributed by atoms with E-state index in [9.17, 15) is 17.6 Å². The van der Waals surface area contributed by atoms with Gasteiger partial charge in [-0.3, -0.25) is 4.79 Å². The van der Waals surface area contributed by atoms with Crippen LogP contribution in [0.15, 0.2) is 47.4 Å². The lowest BCUT2D eigenvalue weighted by molar-refractivity contribution is -0.142. The van der Waals surface area contributed by atoms with Crippen LogP contribution in [0.25, 0.3) is 0 Å². The van der Waals surface area contributed by atoms with E-state index in [1.165, 1.54) is 30.5 Å². The van der Waals surface area contributed by atoms with Crippen LogP contribution in [0, 0.1) is 12.7 Å². The molecule has 0 atom stereocenters. The van der Waals surface area contributed by atoms with Gasteiger partial charge < -0.3 is 19.1 Å². The number of hydrogen-bond donors (Lipinski definition) is 0. The first kappa shape index (κ1) is 23.5. The molecule has 2 aliphatic rings. The zero-order chi connectivity index (χ0) is 23.6. The Bertz CT molecular complexity index is 1130. The monoisotopic (exact) mass is 478 g/mol. The number of carbonyl (C=O) groups excluding carboxylic acids is 1. The number of para-hydroxylation sites is 2. The van der Waals surface area contributed by atoms with Gasteiger partial charge in [0.15, 0.2) is 18.1 Å². The SMILES string of the molecule is COc1ccccc1OCC(=O)N1CCC2(CC1)OCCN2S(=O)(=O)c1ccc(F)c(C)c1. The molecule has 0 bridgehead atoms. The Labute approximate surface area is 192 Å². The minimum atomic E-state index is -3.88. The van der Waals surface area contributed by atoms with Crippen LogP contribution < -0.4 is 9.47 Å². The number of benzene rings is 2. The van der Waals surface area contributed by atoms with Crippen molar-refractivity contribution in [2.75, 3.05) is 40.0 Å². The fourth-order valence-corrected chi connectivity index (χ4v) is 6.11. The molecule has 0 saturated carbocycles. The van der Waals surface area contributed by atoms with Crippen molar-refractivity contribution in [2.24, 2.45) is 0 Å². The van der Waals surface area contributed by atoms with Crippen LogP contribution in [-0.2, 0) is 19.6 Å². The highest BCUT2D eigenvalue weighted by Crippen LogP contribution is 2.38. The minimum absolute atomic E-state index is 0.0370. The van der Waals surface area contributed by atoms with E-state index >= 15 is 0 Å². The number of halogens is 1. The highest BCUT2D eigenvalue weighted by atomic mass is 32.2. The first-order valence-corrected chi connectivity index (χ1v) is 12.2. The maximum atomic E-state index is 13.7. The molecular formula is C23H27FN2O6S. The molecule has 2 aromatic carbocycles. The molecule has 33 heavy (non-hydrogen) atoms. The topological polar surface area (TPSA) is 85.4 Å². The van der Waals surface area contributed by atoms with Crippen LogP contribution >= 0.6 is 0 Å². The van der Waals surface area contributed by atoms with Gasteiger partial charge in [-0.05, 0) is 42.8 Å². The molecule has 0 aromatic heterocycles. The van der Waals surface area contributed by atoms with Crippen molar-refractivity contribution >= 4 is 15.9 Å². The molecule has 2 heterocycles. The standard InChI is InChI=1S/C23H27FN2O6S/c1-17-15-18(7-8-19(17)24)33(28,29)26-13-14-32-23(26)9-11-25(12-10-23)22(27)16-31-21-6-4-3-5-20(21)30-2/h3-8,15H,9-14,16H2,1-2H3. The summed E-state index contributed by atoms with van der Waals surface area (Å²) in [5.41, 5.74) is -0.748. The Morgan fingerprint density at radius 3 is 2.48 bits per heavy atom. The molecule has 0 aliphatic carbocycles. The second kappa shape index (κ2) is 9.28. The number of nitrogens with zero attached hydrogens (tertiary/aromatic N) is 2. The van der Waals surface area contributed by atoms with Crippen LogP contribution in [-0.4, -0.2) is 69.2 Å². The third-order valence-corrected chi connectivity index (χ3v) is 8.10. The molecule has 2 fully saturated rings. The molecule has 2 aliphatic heterocycles. The first-order valence-electron chi connectivity index (χ1n) is 10.7. The van der Waals surface area contributed by atoms with Gasteiger partial charge in [-0.1, -0.05) is 12.1 Å². The number of aryl methyl sites for hydroxylation is 1. The average molecular weight is 479 g/mol. The van der Waals surface area contributed by atoms with E-state index in [1.54, 1.807) is 23.1 Å². The number of rotatable bonds is 6. The molecule has 0 radical (unpaired) electrons. The maximum absolute atomic E-state index is 13.7. The lowest BCUT2D eigenvalue weighted by Crippen LogP contribution is -2.56. The summed E-state index contributed by atoms with van der Waals surface area (Å²) in [6.07, 6.45) is 0.680. The highest BCUT2D eigenvalue weighted by Gasteiger charge is 2.51. The van der Waals surface area contributed by atoms with E-state index in [1.807, 2.05) is 6.07 Å². The van der Waals surface area contributed by atoms with Gasteiger partial charge in [0.25, 0.3) is 5.91 Å². The Kier molecular flexibility index (Phi) is 6.60. The molecule has 0 unspecified atom stereocenters. The van der Waals surface area contributed by atoms with E-state index in [4.69, 9.17) is 14.2 Å². The van der Waals surface area contributed by atoms with Gasteiger partial charge in [-0.25, -0.2) is 12.8 Å². The van der Waals surface area contributed by atoms with Gasteiger partial charge in [-0.15, -0.1) is 0 Å². The third kappa shape index (κ3) is 4.55. The van der Waals surface area contributed by atoms with Crippen LogP contribution in [0.3, 0.4) is 0 Å². The number of piperidine rings is 1. The molecule has 2 saturated heterocycles. The average Bonchev–Trinajstić information content (AvgIpc) is 3.23. The first-order chi connectivity index (χ1) is 15.8. The molecule has 10 heteroatoms. The lowest BCUT2D eigenvalue weighted by atomic mass is 10.0. The fraction of sp³-hybridized carbons (Fsp3) is 0.435. The predicted molar refractivity (Wildman–Crippen MR) is 118 cm³/mol. The van der Waals surface area contributed by atoms with Gasteiger partial charge >= 0.3 is 0 Å². The van der Waals surface area contributed by atoms with E-state index in [2.05, 4.69) is 0 Å². The van der Waals surface area contributed by atoms with Gasteiger partial charge in [0.2, 0.25) is 10.0 Å². The van der Waals surface area contributed by atoms with E-state index in [0.29, 0.717) is 37.4 Å². The highest BCUT2D eigenvalue weighted by molar-refractivity contribution is 7.89. The van der Waals surface area contributed by atoms with E-state index < -0.39 is 21.6 Å². The summed E-state index contributed by atoms with van der Waals surface area (Å²) in [6.45, 7) is 2.53. The summed E-state index contributed by atoms with van der Waals surface area (Å²) >= 11 is 0. The Hall–Kier alpha value is -2.69. The third-order valence-electron chi connectivity index (χ3n) is 6.15. The molecule has 2 aromatic rings. The Balaban J connectivity index is 1.42. The summed E-state index contributed by atoms with van der Waals surface area (Å²) in [5.74, 6) is 0.368. The summed E-state index contributed by atoms with van der Waals surface area (Å²) in [7, 11) is -2.35. The molecular weight excluding hydrogens is 451 g/mol. The summed E-state index contributed by atoms with van der Waals surface area (Å²) < 4.78 is 58.4. The zero-order valence-electron chi connectivity index (χ0n) is 18.6. The smallest absolute Gasteiger partial charge is 0.260 e. The second-order valence-corrected chi connectivity index (χ2v) is 9.97. The molecule has 4 rings (SSSR count). The number of likely N-dealkylation sites (tertiary alicyclic amines) is 1. The van der Waals surface area contributed by atoms with Crippen LogP contribution in [0.1, 0.15) is 18.4 Å². The van der Waals surface area contributed by atoms with Gasteiger partial charge in [0.1, 0.15) is 11.5 Å². The van der Waals surface area contributed by atoms with Gasteiger partial charge in [0, 0.05) is 32.5 Å². The van der Waals surface area contributed by atoms with Gasteiger partial charge in [-0.2, -0.15) is 4.31 Å². The van der Waals surface area contributed by atoms with Crippen molar-refractivity contribution in [1.29, 1.82) is 0 Å². The van der Waals surface area contributed by atoms with E-state index in [-0.39, 0.29) is 36.1 Å². The van der Waals surface area contributed by atoms with Crippen LogP contribution in [0.5, 0.6) is 11.5 Å². The molecule has 0 N–H and O–H groups in total. The number of amides is 1. The maximum Gasteiger partial charge on any atom is 0.260 e. The number of sulfonamides is 1. The van der Waals surface area contributed by atoms with Crippen molar-refractivity contribution in [3.05, 3.63) is 53.8 Å². The minimum Gasteiger partial charge on any atom is -0.493 e. The molecule has 8 nitrogen and oxygen atoms in total. The van der Waals surface area contributed by atoms with Crippen molar-refractivity contribution in [3.8, 4) is 11.5 Å².